The zero-order valence-electron chi connectivity index (χ0n) is 15.7. The summed E-state index contributed by atoms with van der Waals surface area (Å²) in [7, 11) is 0. The van der Waals surface area contributed by atoms with E-state index in [1.807, 2.05) is 0 Å². The highest BCUT2D eigenvalue weighted by atomic mass is 16.6. The molecule has 2 aromatic rings. The lowest BCUT2D eigenvalue weighted by Gasteiger charge is -2.08. The highest BCUT2D eigenvalue weighted by molar-refractivity contribution is 5.99. The molecule has 0 bridgehead atoms. The molecule has 0 aromatic heterocycles. The van der Waals surface area contributed by atoms with Crippen molar-refractivity contribution in [2.24, 2.45) is 0 Å². The van der Waals surface area contributed by atoms with Crippen LogP contribution in [-0.2, 0) is 0 Å². The summed E-state index contributed by atoms with van der Waals surface area (Å²) in [6.45, 7) is -0.501. The van der Waals surface area contributed by atoms with Crippen molar-refractivity contribution in [1.29, 1.82) is 0 Å². The van der Waals surface area contributed by atoms with Crippen LogP contribution in [0.2, 0.25) is 0 Å². The molecule has 0 heterocycles. The average Bonchev–Trinajstić information content (AvgIpc) is 2.75. The SMILES string of the molecule is O=C(NCCNC(=O)c1ccc([N+](=O)[O-])cc1[N+](=O)[O-])c1ccc([N+](=O)[O-])cc1[N+](=O)[O-]. The van der Waals surface area contributed by atoms with Gasteiger partial charge in [-0.1, -0.05) is 0 Å². The van der Waals surface area contributed by atoms with Crippen molar-refractivity contribution < 1.29 is 29.3 Å². The lowest BCUT2D eigenvalue weighted by atomic mass is 10.1. The first-order chi connectivity index (χ1) is 15.0. The molecule has 32 heavy (non-hydrogen) atoms. The number of amides is 2. The fraction of sp³-hybridized carbons (Fsp3) is 0.125. The van der Waals surface area contributed by atoms with E-state index in [9.17, 15) is 50.0 Å². The summed E-state index contributed by atoms with van der Waals surface area (Å²) in [5.41, 5.74) is -3.63. The number of hydrogen-bond acceptors (Lipinski definition) is 10. The normalized spacial score (nSPS) is 10.1. The van der Waals surface area contributed by atoms with E-state index in [4.69, 9.17) is 0 Å². The maximum Gasteiger partial charge on any atom is 0.289 e. The van der Waals surface area contributed by atoms with Crippen LogP contribution >= 0.6 is 0 Å². The second-order valence-corrected chi connectivity index (χ2v) is 5.94. The van der Waals surface area contributed by atoms with E-state index in [1.54, 1.807) is 0 Å². The van der Waals surface area contributed by atoms with Crippen LogP contribution in [0.15, 0.2) is 36.4 Å². The van der Waals surface area contributed by atoms with E-state index < -0.39 is 65.4 Å². The molecule has 0 fully saturated rings. The number of carbonyl (C=O) groups excluding carboxylic acids is 2. The highest BCUT2D eigenvalue weighted by Gasteiger charge is 2.25. The molecule has 0 radical (unpaired) electrons. The van der Waals surface area contributed by atoms with Gasteiger partial charge in [0.2, 0.25) is 0 Å². The van der Waals surface area contributed by atoms with Crippen molar-refractivity contribution in [3.8, 4) is 0 Å². The monoisotopic (exact) mass is 448 g/mol. The fourth-order valence-corrected chi connectivity index (χ4v) is 2.50. The zero-order valence-corrected chi connectivity index (χ0v) is 15.7. The molecule has 166 valence electrons. The second-order valence-electron chi connectivity index (χ2n) is 5.94. The first kappa shape index (κ1) is 23.3. The fourth-order valence-electron chi connectivity index (χ4n) is 2.50. The van der Waals surface area contributed by atoms with Crippen LogP contribution in [0.3, 0.4) is 0 Å². The minimum atomic E-state index is -0.961. The predicted molar refractivity (Wildman–Crippen MR) is 104 cm³/mol. The summed E-state index contributed by atoms with van der Waals surface area (Å²) in [5, 5.41) is 48.1. The summed E-state index contributed by atoms with van der Waals surface area (Å²) in [5.74, 6) is -1.88. The van der Waals surface area contributed by atoms with E-state index in [0.29, 0.717) is 12.1 Å². The molecule has 0 atom stereocenters. The third kappa shape index (κ3) is 5.32. The van der Waals surface area contributed by atoms with Crippen LogP contribution in [0.1, 0.15) is 20.7 Å². The molecule has 0 saturated heterocycles. The van der Waals surface area contributed by atoms with Crippen molar-refractivity contribution in [3.05, 3.63) is 88.0 Å². The van der Waals surface area contributed by atoms with Crippen LogP contribution in [0.5, 0.6) is 0 Å². The van der Waals surface area contributed by atoms with Gasteiger partial charge in [0.15, 0.2) is 0 Å². The molecule has 0 aliphatic rings. The van der Waals surface area contributed by atoms with Gasteiger partial charge in [-0.2, -0.15) is 0 Å². The smallest absolute Gasteiger partial charge is 0.289 e. The number of benzene rings is 2. The third-order valence-corrected chi connectivity index (χ3v) is 3.96. The standard InChI is InChI=1S/C16H12N6O10/c23-15(11-3-1-9(19(25)26)7-13(11)21(29)30)17-5-6-18-16(24)12-4-2-10(20(27)28)8-14(12)22(31)32/h1-4,7-8H,5-6H2,(H,17,23)(H,18,24). The van der Waals surface area contributed by atoms with Gasteiger partial charge in [-0.05, 0) is 12.1 Å². The van der Waals surface area contributed by atoms with Crippen LogP contribution in [0.4, 0.5) is 22.7 Å². The minimum absolute atomic E-state index is 0.251. The van der Waals surface area contributed by atoms with E-state index >= 15 is 0 Å². The Labute approximate surface area is 176 Å². The van der Waals surface area contributed by atoms with Gasteiger partial charge in [-0.3, -0.25) is 50.0 Å². The average molecular weight is 448 g/mol. The summed E-state index contributed by atoms with van der Waals surface area (Å²) in [6.07, 6.45) is 0. The summed E-state index contributed by atoms with van der Waals surface area (Å²) >= 11 is 0. The molecule has 0 saturated carbocycles. The van der Waals surface area contributed by atoms with Crippen LogP contribution in [0.25, 0.3) is 0 Å². The molecule has 0 aliphatic heterocycles. The van der Waals surface area contributed by atoms with Crippen molar-refractivity contribution in [1.82, 2.24) is 10.6 Å². The third-order valence-electron chi connectivity index (χ3n) is 3.96. The topological polar surface area (TPSA) is 231 Å². The molecule has 0 spiro atoms. The Balaban J connectivity index is 2.04. The molecule has 2 aromatic carbocycles. The molecule has 16 nitrogen and oxygen atoms in total. The summed E-state index contributed by atoms with van der Waals surface area (Å²) in [6, 6.07) is 4.90. The first-order valence-electron chi connectivity index (χ1n) is 8.45. The predicted octanol–water partition coefficient (Wildman–Crippen LogP) is 1.48. The quantitative estimate of drug-likeness (QED) is 0.318. The van der Waals surface area contributed by atoms with Gasteiger partial charge in [0.1, 0.15) is 11.1 Å². The van der Waals surface area contributed by atoms with Crippen molar-refractivity contribution in [2.75, 3.05) is 13.1 Å². The van der Waals surface area contributed by atoms with E-state index in [0.717, 1.165) is 24.3 Å². The highest BCUT2D eigenvalue weighted by Crippen LogP contribution is 2.25. The van der Waals surface area contributed by atoms with Gasteiger partial charge >= 0.3 is 0 Å². The molecule has 2 N–H and O–H groups in total. The van der Waals surface area contributed by atoms with Gasteiger partial charge in [-0.25, -0.2) is 0 Å². The van der Waals surface area contributed by atoms with Crippen LogP contribution in [0, 0.1) is 40.5 Å². The van der Waals surface area contributed by atoms with E-state index in [2.05, 4.69) is 10.6 Å². The Morgan fingerprint density at radius 3 is 1.25 bits per heavy atom. The number of nitrogens with zero attached hydrogens (tertiary/aromatic N) is 4. The Morgan fingerprint density at radius 2 is 0.969 bits per heavy atom. The number of rotatable bonds is 9. The van der Waals surface area contributed by atoms with Crippen molar-refractivity contribution in [3.63, 3.8) is 0 Å². The number of nitrogens with one attached hydrogen (secondary N) is 2. The molecule has 16 heteroatoms. The van der Waals surface area contributed by atoms with Gasteiger partial charge in [0, 0.05) is 25.2 Å². The molecule has 2 amide bonds. The van der Waals surface area contributed by atoms with Gasteiger partial charge < -0.3 is 10.6 Å². The molecule has 0 unspecified atom stereocenters. The van der Waals surface area contributed by atoms with Gasteiger partial charge in [0.25, 0.3) is 34.6 Å². The number of non-ortho nitro benzene ring substituents is 2. The summed E-state index contributed by atoms with van der Waals surface area (Å²) < 4.78 is 0. The summed E-state index contributed by atoms with van der Waals surface area (Å²) in [4.78, 5) is 64.3. The van der Waals surface area contributed by atoms with Crippen molar-refractivity contribution in [2.45, 2.75) is 0 Å². The Bertz CT molecular complexity index is 1060. The number of hydrogen-bond donors (Lipinski definition) is 2. The second kappa shape index (κ2) is 9.65. The van der Waals surface area contributed by atoms with Gasteiger partial charge in [0.05, 0.1) is 31.8 Å². The number of carbonyl (C=O) groups is 2. The molecule has 2 rings (SSSR count). The zero-order chi connectivity index (χ0) is 24.0. The Kier molecular flexibility index (Phi) is 7.02. The van der Waals surface area contributed by atoms with Crippen LogP contribution < -0.4 is 10.6 Å². The van der Waals surface area contributed by atoms with Gasteiger partial charge in [-0.15, -0.1) is 0 Å². The number of nitro groups is 4. The maximum atomic E-state index is 12.2. The lowest BCUT2D eigenvalue weighted by Crippen LogP contribution is -2.35. The van der Waals surface area contributed by atoms with Crippen molar-refractivity contribution >= 4 is 34.6 Å². The molecular formula is C16H12N6O10. The molecule has 0 aliphatic carbocycles. The number of nitro benzene ring substituents is 4. The molecular weight excluding hydrogens is 436 g/mol. The maximum absolute atomic E-state index is 12.2. The minimum Gasteiger partial charge on any atom is -0.350 e. The van der Waals surface area contributed by atoms with Crippen LogP contribution in [-0.4, -0.2) is 44.6 Å². The Morgan fingerprint density at radius 1 is 0.625 bits per heavy atom. The van der Waals surface area contributed by atoms with E-state index in [-0.39, 0.29) is 13.1 Å². The lowest BCUT2D eigenvalue weighted by molar-refractivity contribution is -0.394. The van der Waals surface area contributed by atoms with E-state index in [1.165, 1.54) is 0 Å². The Hall–Kier alpha value is -5.02. The largest absolute Gasteiger partial charge is 0.350 e. The first-order valence-corrected chi connectivity index (χ1v) is 8.45.